The Morgan fingerprint density at radius 1 is 0.467 bits per heavy atom. The van der Waals surface area contributed by atoms with Crippen molar-refractivity contribution in [3.63, 3.8) is 0 Å². The Kier molecular flexibility index (Phi) is 8.85. The van der Waals surface area contributed by atoms with Crippen LogP contribution in [0.3, 0.4) is 0 Å². The van der Waals surface area contributed by atoms with Gasteiger partial charge in [0, 0.05) is 11.1 Å². The average Bonchev–Trinajstić information content (AvgIpc) is 3.10. The summed E-state index contributed by atoms with van der Waals surface area (Å²) in [6.45, 7) is 4.13. The molecule has 218 valence electrons. The first-order chi connectivity index (χ1) is 22.0. The van der Waals surface area contributed by atoms with E-state index in [2.05, 4.69) is 123 Å². The third-order valence-corrected chi connectivity index (χ3v) is 8.17. The van der Waals surface area contributed by atoms with Crippen LogP contribution in [0.5, 0.6) is 0 Å². The average molecular weight is 581 g/mol. The molecule has 45 heavy (non-hydrogen) atoms. The largest absolute Gasteiger partial charge is 0.375 e. The number of aryl methyl sites for hydroxylation is 2. The Balaban J connectivity index is 1.79. The van der Waals surface area contributed by atoms with E-state index in [-0.39, 0.29) is 0 Å². The van der Waals surface area contributed by atoms with Crippen LogP contribution in [0.15, 0.2) is 187 Å². The predicted molar refractivity (Wildman–Crippen MR) is 188 cm³/mol. The van der Waals surface area contributed by atoms with Gasteiger partial charge >= 0.3 is 0 Å². The van der Waals surface area contributed by atoms with Crippen LogP contribution in [-0.2, 0) is 5.60 Å². The number of rotatable bonds is 8. The maximum absolute atomic E-state index is 13.3. The first-order valence-electron chi connectivity index (χ1n) is 15.3. The lowest BCUT2D eigenvalue weighted by Gasteiger charge is -2.31. The van der Waals surface area contributed by atoms with E-state index >= 15 is 0 Å². The fraction of sp³-hybridized carbons (Fsp3) is 0.0682. The minimum Gasteiger partial charge on any atom is -0.375 e. The minimum absolute atomic E-state index is 0.639. The summed E-state index contributed by atoms with van der Waals surface area (Å²) < 4.78 is 0. The molecule has 1 heteroatoms. The molecule has 0 spiro atoms. The van der Waals surface area contributed by atoms with Gasteiger partial charge in [0.1, 0.15) is 5.60 Å². The molecule has 1 N–H and O–H groups in total. The Labute approximate surface area is 266 Å². The monoisotopic (exact) mass is 580 g/mol. The molecule has 0 aliphatic heterocycles. The van der Waals surface area contributed by atoms with Gasteiger partial charge in [-0.3, -0.25) is 0 Å². The van der Waals surface area contributed by atoms with Gasteiger partial charge in [0.15, 0.2) is 0 Å². The maximum Gasteiger partial charge on any atom is 0.147 e. The first-order valence-corrected chi connectivity index (χ1v) is 15.3. The topological polar surface area (TPSA) is 20.2 Å². The van der Waals surface area contributed by atoms with Gasteiger partial charge in [-0.25, -0.2) is 0 Å². The standard InChI is InChI=1S/C44H36O/c1-33-23-27-39(28-24-33)44(45,40-29-25-34(2)26-30-40)41(31-42(35-15-7-3-8-16-35)36-17-9-4-10-18-36)32-43(37-19-11-5-12-20-37)38-21-13-6-14-22-38/h3-31,45H,1-2H3. The molecule has 0 heterocycles. The van der Waals surface area contributed by atoms with E-state index in [1.54, 1.807) is 0 Å². The molecule has 0 amide bonds. The normalized spacial score (nSPS) is 10.9. The van der Waals surface area contributed by atoms with Crippen molar-refractivity contribution in [2.75, 3.05) is 0 Å². The van der Waals surface area contributed by atoms with Gasteiger partial charge in [0.25, 0.3) is 0 Å². The zero-order valence-electron chi connectivity index (χ0n) is 25.7. The molecular weight excluding hydrogens is 544 g/mol. The van der Waals surface area contributed by atoms with E-state index in [1.165, 1.54) is 0 Å². The van der Waals surface area contributed by atoms with Crippen LogP contribution >= 0.6 is 0 Å². The molecule has 0 saturated heterocycles. The molecule has 6 aromatic rings. The van der Waals surface area contributed by atoms with E-state index in [4.69, 9.17) is 0 Å². The fourth-order valence-electron chi connectivity index (χ4n) is 5.67. The smallest absolute Gasteiger partial charge is 0.147 e. The molecule has 1 nitrogen and oxygen atoms in total. The van der Waals surface area contributed by atoms with Gasteiger partial charge in [-0.2, -0.15) is 0 Å². The van der Waals surface area contributed by atoms with E-state index in [1.807, 2.05) is 72.8 Å². The Morgan fingerprint density at radius 2 is 0.800 bits per heavy atom. The molecule has 0 aliphatic rings. The lowest BCUT2D eigenvalue weighted by molar-refractivity contribution is 0.125. The lowest BCUT2D eigenvalue weighted by Crippen LogP contribution is -2.29. The highest BCUT2D eigenvalue weighted by Gasteiger charge is 2.36. The summed E-state index contributed by atoms with van der Waals surface area (Å²) in [4.78, 5) is 0. The van der Waals surface area contributed by atoms with Crippen molar-refractivity contribution in [2.24, 2.45) is 0 Å². The Hall–Kier alpha value is -5.46. The third kappa shape index (κ3) is 6.56. The molecule has 6 rings (SSSR count). The van der Waals surface area contributed by atoms with Gasteiger partial charge < -0.3 is 5.11 Å². The van der Waals surface area contributed by atoms with Gasteiger partial charge in [-0.05, 0) is 58.9 Å². The highest BCUT2D eigenvalue weighted by atomic mass is 16.3. The van der Waals surface area contributed by atoms with Crippen LogP contribution in [0.1, 0.15) is 44.5 Å². The summed E-state index contributed by atoms with van der Waals surface area (Å²) in [5, 5.41) is 13.3. The van der Waals surface area contributed by atoms with E-state index < -0.39 is 5.60 Å². The maximum atomic E-state index is 13.3. The van der Waals surface area contributed by atoms with Crippen LogP contribution in [0.2, 0.25) is 0 Å². The van der Waals surface area contributed by atoms with Crippen LogP contribution in [0.25, 0.3) is 11.1 Å². The summed E-state index contributed by atoms with van der Waals surface area (Å²) in [6.07, 6.45) is 2.12. The minimum atomic E-state index is -1.52. The van der Waals surface area contributed by atoms with E-state index in [9.17, 15) is 5.11 Å². The Bertz CT molecular complexity index is 1820. The van der Waals surface area contributed by atoms with Gasteiger partial charge in [0.2, 0.25) is 0 Å². The van der Waals surface area contributed by atoms with Crippen molar-refractivity contribution in [1.82, 2.24) is 0 Å². The van der Waals surface area contributed by atoms with Crippen molar-refractivity contribution in [1.29, 1.82) is 0 Å². The summed E-state index contributed by atoms with van der Waals surface area (Å²) in [7, 11) is 0. The highest BCUT2D eigenvalue weighted by Crippen LogP contribution is 2.40. The van der Waals surface area contributed by atoms with Crippen LogP contribution in [0, 0.1) is 13.8 Å². The summed E-state index contributed by atoms with van der Waals surface area (Å²) in [5.74, 6) is 0. The van der Waals surface area contributed by atoms with Crippen LogP contribution in [-0.4, -0.2) is 5.11 Å². The summed E-state index contributed by atoms with van der Waals surface area (Å²) in [6, 6.07) is 57.7. The molecule has 0 fully saturated rings. The molecule has 0 atom stereocenters. The second-order valence-electron chi connectivity index (χ2n) is 11.4. The van der Waals surface area contributed by atoms with Gasteiger partial charge in [-0.15, -0.1) is 5.73 Å². The van der Waals surface area contributed by atoms with Crippen molar-refractivity contribution < 1.29 is 5.11 Å². The second-order valence-corrected chi connectivity index (χ2v) is 11.4. The lowest BCUT2D eigenvalue weighted by atomic mass is 9.77. The zero-order chi connectivity index (χ0) is 31.1. The predicted octanol–water partition coefficient (Wildman–Crippen LogP) is 10.3. The van der Waals surface area contributed by atoms with E-state index in [0.29, 0.717) is 5.57 Å². The highest BCUT2D eigenvalue weighted by molar-refractivity contribution is 5.84. The molecule has 0 aromatic heterocycles. The molecule has 0 radical (unpaired) electrons. The first kappa shape index (κ1) is 29.6. The summed E-state index contributed by atoms with van der Waals surface area (Å²) in [5.41, 5.74) is 12.8. The number of benzene rings is 6. The molecule has 0 bridgehead atoms. The molecular formula is C44H36O. The molecule has 0 saturated carbocycles. The van der Waals surface area contributed by atoms with Crippen molar-refractivity contribution in [2.45, 2.75) is 19.4 Å². The van der Waals surface area contributed by atoms with Gasteiger partial charge in [-0.1, -0.05) is 181 Å². The molecule has 0 aliphatic carbocycles. The second kappa shape index (κ2) is 13.5. The van der Waals surface area contributed by atoms with Gasteiger partial charge in [0.05, 0.1) is 0 Å². The van der Waals surface area contributed by atoms with Crippen molar-refractivity contribution in [3.05, 3.63) is 232 Å². The number of hydrogen-bond acceptors (Lipinski definition) is 1. The fourth-order valence-corrected chi connectivity index (χ4v) is 5.67. The van der Waals surface area contributed by atoms with E-state index in [0.717, 1.165) is 55.7 Å². The summed E-state index contributed by atoms with van der Waals surface area (Å²) >= 11 is 0. The van der Waals surface area contributed by atoms with Crippen molar-refractivity contribution >= 4 is 11.1 Å². The molecule has 6 aromatic carbocycles. The molecule has 0 unspecified atom stereocenters. The number of hydrogen-bond donors (Lipinski definition) is 1. The zero-order valence-corrected chi connectivity index (χ0v) is 25.7. The third-order valence-electron chi connectivity index (χ3n) is 8.17. The van der Waals surface area contributed by atoms with Crippen LogP contribution in [0.4, 0.5) is 0 Å². The SMILES string of the molecule is Cc1ccc(C(O)(C(=C=C(c2ccccc2)c2ccccc2)C=C(c2ccccc2)c2ccccc2)c2ccc(C)cc2)cc1. The quantitative estimate of drug-likeness (QED) is 0.140. The Morgan fingerprint density at radius 3 is 1.16 bits per heavy atom. The van der Waals surface area contributed by atoms with Crippen LogP contribution < -0.4 is 0 Å². The van der Waals surface area contributed by atoms with Crippen molar-refractivity contribution in [3.8, 4) is 0 Å². The number of aliphatic hydroxyl groups is 1.